The average molecular weight is 103 g/mol. The van der Waals surface area contributed by atoms with E-state index in [1.807, 2.05) is 18.3 Å². The second-order valence-corrected chi connectivity index (χ2v) is 1.85. The van der Waals surface area contributed by atoms with Crippen LogP contribution in [0.4, 0.5) is 0 Å². The third-order valence-corrected chi connectivity index (χ3v) is 1.25. The molecule has 0 spiro atoms. The van der Waals surface area contributed by atoms with Crippen molar-refractivity contribution in [1.82, 2.24) is 4.98 Å². The fourth-order valence-corrected chi connectivity index (χ4v) is 0.842. The molecule has 2 rings (SSSR count). The molecule has 1 aromatic rings. The first-order chi connectivity index (χ1) is 3.95. The summed E-state index contributed by atoms with van der Waals surface area (Å²) >= 11 is 0. The van der Waals surface area contributed by atoms with E-state index in [1.54, 1.807) is 0 Å². The Morgan fingerprint density at radius 1 is 1.25 bits per heavy atom. The molecule has 0 N–H and O–H groups in total. The van der Waals surface area contributed by atoms with Crippen LogP contribution in [0.15, 0.2) is 18.3 Å². The van der Waals surface area contributed by atoms with Gasteiger partial charge in [0.1, 0.15) is 0 Å². The summed E-state index contributed by atoms with van der Waals surface area (Å²) in [7, 11) is 0. The minimum absolute atomic E-state index is 1.07. The zero-order chi connectivity index (χ0) is 5.40. The SMILES string of the molecule is C1=Cc2cc1ccn2. The molecule has 0 unspecified atom stereocenters. The molecular weight excluding hydrogens is 98.1 g/mol. The molecule has 8 heavy (non-hydrogen) atoms. The highest BCUT2D eigenvalue weighted by molar-refractivity contribution is 5.74. The fraction of sp³-hybridized carbons (Fsp3) is 0. The van der Waals surface area contributed by atoms with E-state index in [4.69, 9.17) is 0 Å². The van der Waals surface area contributed by atoms with Gasteiger partial charge in [-0.25, -0.2) is 0 Å². The highest BCUT2D eigenvalue weighted by Crippen LogP contribution is 2.13. The Morgan fingerprint density at radius 2 is 2.25 bits per heavy atom. The second kappa shape index (κ2) is 1.19. The molecule has 38 valence electrons. The molecule has 1 nitrogen and oxygen atoms in total. The third-order valence-electron chi connectivity index (χ3n) is 1.25. The highest BCUT2D eigenvalue weighted by Gasteiger charge is 1.95. The molecule has 0 fully saturated rings. The minimum Gasteiger partial charge on any atom is -0.257 e. The Hall–Kier alpha value is -1.11. The lowest BCUT2D eigenvalue weighted by Crippen LogP contribution is -1.72. The number of pyridine rings is 1. The van der Waals surface area contributed by atoms with Gasteiger partial charge in [-0.15, -0.1) is 0 Å². The van der Waals surface area contributed by atoms with Crippen LogP contribution in [0, 0.1) is 0 Å². The number of hydrogen-bond acceptors (Lipinski definition) is 1. The number of aromatic nitrogens is 1. The molecular formula is C7H5N. The van der Waals surface area contributed by atoms with Crippen molar-refractivity contribution in [1.29, 1.82) is 0 Å². The second-order valence-electron chi connectivity index (χ2n) is 1.85. The molecule has 1 aliphatic carbocycles. The maximum atomic E-state index is 4.06. The van der Waals surface area contributed by atoms with Gasteiger partial charge in [0, 0.05) is 6.20 Å². The summed E-state index contributed by atoms with van der Waals surface area (Å²) in [5, 5.41) is 0. The van der Waals surface area contributed by atoms with Crippen molar-refractivity contribution in [3.63, 3.8) is 0 Å². The zero-order valence-corrected chi connectivity index (χ0v) is 4.33. The van der Waals surface area contributed by atoms with Crippen molar-refractivity contribution < 1.29 is 0 Å². The first-order valence-electron chi connectivity index (χ1n) is 2.59. The van der Waals surface area contributed by atoms with Crippen LogP contribution in [0.5, 0.6) is 0 Å². The lowest BCUT2D eigenvalue weighted by molar-refractivity contribution is 1.30. The topological polar surface area (TPSA) is 12.9 Å². The van der Waals surface area contributed by atoms with Crippen molar-refractivity contribution in [3.05, 3.63) is 29.6 Å². The normalized spacial score (nSPS) is 12.5. The van der Waals surface area contributed by atoms with Crippen LogP contribution in [-0.2, 0) is 0 Å². The molecule has 0 atom stereocenters. The van der Waals surface area contributed by atoms with Crippen LogP contribution < -0.4 is 0 Å². The fourth-order valence-electron chi connectivity index (χ4n) is 0.842. The maximum absolute atomic E-state index is 4.06. The molecule has 0 saturated heterocycles. The van der Waals surface area contributed by atoms with E-state index in [9.17, 15) is 0 Å². The van der Waals surface area contributed by atoms with Crippen molar-refractivity contribution in [3.8, 4) is 0 Å². The van der Waals surface area contributed by atoms with E-state index in [-0.39, 0.29) is 0 Å². The van der Waals surface area contributed by atoms with E-state index < -0.39 is 0 Å². The van der Waals surface area contributed by atoms with Crippen LogP contribution in [0.3, 0.4) is 0 Å². The summed E-state index contributed by atoms with van der Waals surface area (Å²) in [5.74, 6) is 0. The molecule has 1 aliphatic rings. The average Bonchev–Trinajstić information content (AvgIpc) is 2.12. The number of fused-ring (bicyclic) bond motifs is 2. The van der Waals surface area contributed by atoms with Gasteiger partial charge in [0.15, 0.2) is 0 Å². The number of rotatable bonds is 0. The van der Waals surface area contributed by atoms with Gasteiger partial charge in [-0.2, -0.15) is 0 Å². The van der Waals surface area contributed by atoms with Crippen LogP contribution in [0.1, 0.15) is 11.3 Å². The maximum Gasteiger partial charge on any atom is 0.0635 e. The van der Waals surface area contributed by atoms with E-state index in [0.717, 1.165) is 5.69 Å². The zero-order valence-electron chi connectivity index (χ0n) is 4.33. The van der Waals surface area contributed by atoms with Crippen LogP contribution >= 0.6 is 0 Å². The van der Waals surface area contributed by atoms with Crippen molar-refractivity contribution in [2.75, 3.05) is 0 Å². The first kappa shape index (κ1) is 3.84. The molecule has 2 bridgehead atoms. The van der Waals surface area contributed by atoms with Crippen LogP contribution in [-0.4, -0.2) is 4.98 Å². The van der Waals surface area contributed by atoms with Crippen LogP contribution in [0.2, 0.25) is 0 Å². The highest BCUT2D eigenvalue weighted by atomic mass is 14.7. The molecule has 1 aromatic heterocycles. The van der Waals surface area contributed by atoms with Gasteiger partial charge < -0.3 is 0 Å². The largest absolute Gasteiger partial charge is 0.257 e. The Labute approximate surface area is 47.7 Å². The predicted octanol–water partition coefficient (Wildman–Crippen LogP) is 1.57. The summed E-state index contributed by atoms with van der Waals surface area (Å²) in [5.41, 5.74) is 2.33. The van der Waals surface area contributed by atoms with Crippen molar-refractivity contribution >= 4 is 12.2 Å². The quantitative estimate of drug-likeness (QED) is 0.493. The van der Waals surface area contributed by atoms with Gasteiger partial charge in [0.05, 0.1) is 5.69 Å². The summed E-state index contributed by atoms with van der Waals surface area (Å²) in [6, 6.07) is 4.05. The third kappa shape index (κ3) is 0.384. The van der Waals surface area contributed by atoms with E-state index in [2.05, 4.69) is 17.1 Å². The monoisotopic (exact) mass is 103 g/mol. The van der Waals surface area contributed by atoms with Crippen molar-refractivity contribution in [2.45, 2.75) is 0 Å². The Morgan fingerprint density at radius 3 is 3.00 bits per heavy atom. The Bertz CT molecular complexity index is 217. The summed E-state index contributed by atoms with van der Waals surface area (Å²) < 4.78 is 0. The van der Waals surface area contributed by atoms with Crippen LogP contribution in [0.25, 0.3) is 12.2 Å². The lowest BCUT2D eigenvalue weighted by Gasteiger charge is -1.82. The van der Waals surface area contributed by atoms with E-state index in [1.165, 1.54) is 5.56 Å². The van der Waals surface area contributed by atoms with Gasteiger partial charge >= 0.3 is 0 Å². The Kier molecular flexibility index (Phi) is 0.570. The summed E-state index contributed by atoms with van der Waals surface area (Å²) in [6.45, 7) is 0. The first-order valence-corrected chi connectivity index (χ1v) is 2.59. The van der Waals surface area contributed by atoms with Crippen molar-refractivity contribution in [2.24, 2.45) is 0 Å². The smallest absolute Gasteiger partial charge is 0.0635 e. The molecule has 0 aromatic carbocycles. The van der Waals surface area contributed by atoms with Gasteiger partial charge in [0.25, 0.3) is 0 Å². The minimum atomic E-state index is 1.07. The van der Waals surface area contributed by atoms with Gasteiger partial charge in [-0.05, 0) is 23.8 Å². The molecule has 0 amide bonds. The molecule has 1 heterocycles. The standard InChI is InChI=1S/C7H5N/c1-2-7-5-6(1)3-4-8-7/h1-5H. The molecule has 0 radical (unpaired) electrons. The summed E-state index contributed by atoms with van der Waals surface area (Å²) in [6.07, 6.45) is 5.89. The molecule has 0 saturated carbocycles. The van der Waals surface area contributed by atoms with Gasteiger partial charge in [0.2, 0.25) is 0 Å². The molecule has 1 heteroatoms. The predicted molar refractivity (Wildman–Crippen MR) is 33.2 cm³/mol. The summed E-state index contributed by atoms with van der Waals surface area (Å²) in [4.78, 5) is 4.06. The Balaban J connectivity index is 2.82. The molecule has 0 aliphatic heterocycles. The van der Waals surface area contributed by atoms with E-state index >= 15 is 0 Å². The van der Waals surface area contributed by atoms with Gasteiger partial charge in [-0.3, -0.25) is 4.98 Å². The van der Waals surface area contributed by atoms with E-state index in [0.29, 0.717) is 0 Å². The number of nitrogens with zero attached hydrogens (tertiary/aromatic N) is 1. The van der Waals surface area contributed by atoms with Gasteiger partial charge in [-0.1, -0.05) is 6.08 Å². The number of hydrogen-bond donors (Lipinski definition) is 0. The lowest BCUT2D eigenvalue weighted by atomic mass is 10.3.